The fraction of sp³-hybridized carbons (Fsp3) is 0. The monoisotopic (exact) mass is 372 g/mol. The number of hydrogen-bond acceptors (Lipinski definition) is 4. The van der Waals surface area contributed by atoms with E-state index < -0.39 is 0 Å². The van der Waals surface area contributed by atoms with Gasteiger partial charge >= 0.3 is 0 Å². The minimum Gasteiger partial charge on any atom is -0.459 e. The van der Waals surface area contributed by atoms with Gasteiger partial charge in [-0.2, -0.15) is 0 Å². The minimum absolute atomic E-state index is 0.216. The van der Waals surface area contributed by atoms with Gasteiger partial charge in [0.05, 0.1) is 16.8 Å². The van der Waals surface area contributed by atoms with Crippen molar-refractivity contribution >= 4 is 45.9 Å². The Hall–Kier alpha value is -2.76. The second-order valence-corrected chi connectivity index (χ2v) is 6.10. The largest absolute Gasteiger partial charge is 0.459 e. The predicted molar refractivity (Wildman–Crippen MR) is 96.1 cm³/mol. The highest BCUT2D eigenvalue weighted by Gasteiger charge is 2.15. The van der Waals surface area contributed by atoms with Gasteiger partial charge in [-0.3, -0.25) is 4.79 Å². The Bertz CT molecular complexity index is 1070. The van der Waals surface area contributed by atoms with Crippen LogP contribution in [0.4, 0.5) is 5.69 Å². The third-order valence-corrected chi connectivity index (χ3v) is 4.11. The fourth-order valence-corrected chi connectivity index (χ4v) is 2.75. The minimum atomic E-state index is -0.359. The molecule has 0 aliphatic carbocycles. The molecule has 5 nitrogen and oxygen atoms in total. The Morgan fingerprint density at radius 2 is 1.96 bits per heavy atom. The van der Waals surface area contributed by atoms with Crippen LogP contribution in [0, 0.1) is 0 Å². The molecule has 2 aromatic heterocycles. The van der Waals surface area contributed by atoms with Gasteiger partial charge in [0.1, 0.15) is 5.52 Å². The number of oxazole rings is 1. The Kier molecular flexibility index (Phi) is 3.95. The van der Waals surface area contributed by atoms with E-state index in [-0.39, 0.29) is 11.7 Å². The highest BCUT2D eigenvalue weighted by molar-refractivity contribution is 6.33. The number of carbonyl (C=O) groups is 1. The van der Waals surface area contributed by atoms with E-state index in [0.717, 1.165) is 0 Å². The van der Waals surface area contributed by atoms with E-state index in [1.807, 2.05) is 0 Å². The van der Waals surface area contributed by atoms with E-state index in [2.05, 4.69) is 10.3 Å². The summed E-state index contributed by atoms with van der Waals surface area (Å²) >= 11 is 12.2. The Balaban J connectivity index is 1.70. The smallest absolute Gasteiger partial charge is 0.291 e. The van der Waals surface area contributed by atoms with Crippen LogP contribution in [0.25, 0.3) is 22.6 Å². The third kappa shape index (κ3) is 3.12. The topological polar surface area (TPSA) is 68.3 Å². The molecule has 4 aromatic rings. The first-order chi connectivity index (χ1) is 12.1. The van der Waals surface area contributed by atoms with Gasteiger partial charge in [0.25, 0.3) is 5.91 Å². The van der Waals surface area contributed by atoms with Crippen LogP contribution in [0.5, 0.6) is 0 Å². The van der Waals surface area contributed by atoms with Gasteiger partial charge in [0.2, 0.25) is 5.89 Å². The number of rotatable bonds is 3. The zero-order chi connectivity index (χ0) is 17.4. The van der Waals surface area contributed by atoms with Crippen molar-refractivity contribution in [3.05, 3.63) is 70.6 Å². The maximum absolute atomic E-state index is 12.1. The maximum atomic E-state index is 12.1. The molecule has 0 aliphatic heterocycles. The molecule has 1 N–H and O–H groups in total. The second kappa shape index (κ2) is 6.27. The molecular weight excluding hydrogens is 363 g/mol. The first kappa shape index (κ1) is 15.7. The molecule has 0 atom stereocenters. The number of amides is 1. The number of hydrogen-bond donors (Lipinski definition) is 1. The standard InChI is InChI=1S/C18H10Cl2N2O3/c19-10-3-6-15-14(8-10)22-18(25-15)12-9-11(4-5-13(12)20)21-17(23)16-2-1-7-24-16/h1-9H,(H,21,23). The average Bonchev–Trinajstić information content (AvgIpc) is 3.25. The Morgan fingerprint density at radius 1 is 1.08 bits per heavy atom. The first-order valence-electron chi connectivity index (χ1n) is 7.31. The summed E-state index contributed by atoms with van der Waals surface area (Å²) in [4.78, 5) is 16.5. The summed E-state index contributed by atoms with van der Waals surface area (Å²) < 4.78 is 10.8. The summed E-state index contributed by atoms with van der Waals surface area (Å²) in [5.41, 5.74) is 2.33. The fourth-order valence-electron chi connectivity index (χ4n) is 2.38. The summed E-state index contributed by atoms with van der Waals surface area (Å²) in [7, 11) is 0. The van der Waals surface area contributed by atoms with Crippen molar-refractivity contribution < 1.29 is 13.6 Å². The normalized spacial score (nSPS) is 11.0. The molecule has 0 saturated carbocycles. The van der Waals surface area contributed by atoms with Crippen LogP contribution in [0.2, 0.25) is 10.0 Å². The highest BCUT2D eigenvalue weighted by Crippen LogP contribution is 2.33. The SMILES string of the molecule is O=C(Nc1ccc(Cl)c(-c2nc3cc(Cl)ccc3o2)c1)c1ccco1. The molecule has 124 valence electrons. The highest BCUT2D eigenvalue weighted by atomic mass is 35.5. The Labute approximate surface area is 152 Å². The number of nitrogens with zero attached hydrogens (tertiary/aromatic N) is 1. The van der Waals surface area contributed by atoms with Crippen molar-refractivity contribution in [3.8, 4) is 11.5 Å². The van der Waals surface area contributed by atoms with Crippen LogP contribution >= 0.6 is 23.2 Å². The summed E-state index contributed by atoms with van der Waals surface area (Å²) in [5, 5.41) is 3.76. The van der Waals surface area contributed by atoms with Crippen molar-refractivity contribution in [1.29, 1.82) is 0 Å². The molecule has 0 saturated heterocycles. The molecule has 0 aliphatic rings. The van der Waals surface area contributed by atoms with E-state index in [0.29, 0.717) is 38.3 Å². The number of fused-ring (bicyclic) bond motifs is 1. The number of nitrogens with one attached hydrogen (secondary N) is 1. The van der Waals surface area contributed by atoms with E-state index in [4.69, 9.17) is 32.0 Å². The quantitative estimate of drug-likeness (QED) is 0.504. The van der Waals surface area contributed by atoms with E-state index >= 15 is 0 Å². The summed E-state index contributed by atoms with van der Waals surface area (Å²) in [6, 6.07) is 13.4. The van der Waals surface area contributed by atoms with Gasteiger partial charge in [0, 0.05) is 10.7 Å². The van der Waals surface area contributed by atoms with Crippen molar-refractivity contribution in [2.24, 2.45) is 0 Å². The zero-order valence-corrected chi connectivity index (χ0v) is 14.1. The van der Waals surface area contributed by atoms with Gasteiger partial charge in [0.15, 0.2) is 11.3 Å². The van der Waals surface area contributed by atoms with Gasteiger partial charge in [-0.15, -0.1) is 0 Å². The molecule has 7 heteroatoms. The number of halogens is 2. The molecule has 2 aromatic carbocycles. The summed E-state index contributed by atoms with van der Waals surface area (Å²) in [6.07, 6.45) is 1.44. The van der Waals surface area contributed by atoms with Crippen LogP contribution < -0.4 is 5.32 Å². The molecule has 0 fully saturated rings. The van der Waals surface area contributed by atoms with E-state index in [1.54, 1.807) is 48.5 Å². The van der Waals surface area contributed by atoms with Crippen LogP contribution in [-0.4, -0.2) is 10.9 Å². The lowest BCUT2D eigenvalue weighted by molar-refractivity contribution is 0.0996. The molecule has 1 amide bonds. The molecule has 0 radical (unpaired) electrons. The van der Waals surface area contributed by atoms with Crippen LogP contribution in [0.1, 0.15) is 10.6 Å². The van der Waals surface area contributed by atoms with Crippen molar-refractivity contribution in [3.63, 3.8) is 0 Å². The number of furan rings is 1. The molecule has 2 heterocycles. The summed E-state index contributed by atoms with van der Waals surface area (Å²) in [6.45, 7) is 0. The lowest BCUT2D eigenvalue weighted by atomic mass is 10.2. The van der Waals surface area contributed by atoms with Crippen molar-refractivity contribution in [2.75, 3.05) is 5.32 Å². The third-order valence-electron chi connectivity index (χ3n) is 3.55. The second-order valence-electron chi connectivity index (χ2n) is 5.26. The number of aromatic nitrogens is 1. The van der Waals surface area contributed by atoms with Crippen LogP contribution in [0.3, 0.4) is 0 Å². The lowest BCUT2D eigenvalue weighted by Crippen LogP contribution is -2.10. The van der Waals surface area contributed by atoms with Gasteiger partial charge < -0.3 is 14.2 Å². The van der Waals surface area contributed by atoms with Gasteiger partial charge in [-0.05, 0) is 48.5 Å². The zero-order valence-electron chi connectivity index (χ0n) is 12.6. The van der Waals surface area contributed by atoms with Gasteiger partial charge in [-0.25, -0.2) is 4.98 Å². The Morgan fingerprint density at radius 3 is 2.76 bits per heavy atom. The van der Waals surface area contributed by atoms with Crippen molar-refractivity contribution in [2.45, 2.75) is 0 Å². The van der Waals surface area contributed by atoms with Crippen LogP contribution in [0.15, 0.2) is 63.6 Å². The van der Waals surface area contributed by atoms with Crippen molar-refractivity contribution in [1.82, 2.24) is 4.98 Å². The average molecular weight is 373 g/mol. The molecule has 0 unspecified atom stereocenters. The molecular formula is C18H10Cl2N2O3. The molecule has 4 rings (SSSR count). The molecule has 0 bridgehead atoms. The number of carbonyl (C=O) groups excluding carboxylic acids is 1. The number of benzene rings is 2. The molecule has 25 heavy (non-hydrogen) atoms. The first-order valence-corrected chi connectivity index (χ1v) is 8.06. The maximum Gasteiger partial charge on any atom is 0.291 e. The summed E-state index contributed by atoms with van der Waals surface area (Å²) in [5.74, 6) is 0.201. The van der Waals surface area contributed by atoms with E-state index in [9.17, 15) is 4.79 Å². The number of anilines is 1. The lowest BCUT2D eigenvalue weighted by Gasteiger charge is -2.06. The van der Waals surface area contributed by atoms with Gasteiger partial charge in [-0.1, -0.05) is 23.2 Å². The van der Waals surface area contributed by atoms with E-state index in [1.165, 1.54) is 6.26 Å². The van der Waals surface area contributed by atoms with Crippen LogP contribution in [-0.2, 0) is 0 Å². The predicted octanol–water partition coefficient (Wildman–Crippen LogP) is 5.65. The molecule has 0 spiro atoms.